The fourth-order valence-corrected chi connectivity index (χ4v) is 4.82. The number of halogens is 1. The molecule has 1 aromatic carbocycles. The zero-order valence-electron chi connectivity index (χ0n) is 18.0. The summed E-state index contributed by atoms with van der Waals surface area (Å²) >= 11 is 7.86. The highest BCUT2D eigenvalue weighted by molar-refractivity contribution is 7.84. The van der Waals surface area contributed by atoms with Crippen molar-refractivity contribution in [3.8, 4) is 0 Å². The second-order valence-electron chi connectivity index (χ2n) is 8.77. The number of benzene rings is 1. The highest BCUT2D eigenvalue weighted by Crippen LogP contribution is 2.35. The third kappa shape index (κ3) is 6.88. The molecule has 2 atom stereocenters. The monoisotopic (exact) mass is 456 g/mol. The van der Waals surface area contributed by atoms with Crippen LogP contribution in [0.1, 0.15) is 68.7 Å². The van der Waals surface area contributed by atoms with Crippen LogP contribution < -0.4 is 4.72 Å². The van der Waals surface area contributed by atoms with Crippen LogP contribution in [0.3, 0.4) is 0 Å². The molecule has 0 saturated heterocycles. The van der Waals surface area contributed by atoms with Gasteiger partial charge in [0, 0.05) is 5.02 Å². The molecule has 2 rings (SSSR count). The first-order chi connectivity index (χ1) is 13.3. The van der Waals surface area contributed by atoms with E-state index >= 15 is 0 Å². The third-order valence-corrected chi connectivity index (χ3v) is 6.98. The van der Waals surface area contributed by atoms with Gasteiger partial charge in [0.25, 0.3) is 0 Å². The van der Waals surface area contributed by atoms with Gasteiger partial charge >= 0.3 is 5.97 Å². The maximum absolute atomic E-state index is 12.9. The van der Waals surface area contributed by atoms with E-state index in [1.54, 1.807) is 0 Å². The number of aryl methyl sites for hydroxylation is 1. The number of esters is 1. The van der Waals surface area contributed by atoms with Crippen LogP contribution in [0.5, 0.6) is 0 Å². The summed E-state index contributed by atoms with van der Waals surface area (Å²) in [6.07, 6.45) is 0.0976. The number of hydrogen-bond acceptors (Lipinski definition) is 5. The molecule has 8 heteroatoms. The molecule has 1 heterocycles. The van der Waals surface area contributed by atoms with Gasteiger partial charge < -0.3 is 4.74 Å². The molecule has 0 aliphatic rings. The van der Waals surface area contributed by atoms with Crippen LogP contribution >= 0.6 is 22.9 Å². The average molecular weight is 457 g/mol. The van der Waals surface area contributed by atoms with E-state index in [1.165, 1.54) is 11.3 Å². The third-order valence-electron chi connectivity index (χ3n) is 3.85. The van der Waals surface area contributed by atoms with E-state index < -0.39 is 27.4 Å². The van der Waals surface area contributed by atoms with Gasteiger partial charge in [0.05, 0.1) is 38.8 Å². The zero-order valence-corrected chi connectivity index (χ0v) is 20.3. The molecule has 29 heavy (non-hydrogen) atoms. The minimum atomic E-state index is -1.32. The smallest absolute Gasteiger partial charge is 0.313 e. The molecular weight excluding hydrogens is 428 g/mol. The summed E-state index contributed by atoms with van der Waals surface area (Å²) < 4.78 is 21.0. The number of hydrogen-bond donors (Lipinski definition) is 1. The average Bonchev–Trinajstić information content (AvgIpc) is 2.90. The van der Waals surface area contributed by atoms with Crippen LogP contribution in [0.4, 0.5) is 0 Å². The number of ether oxygens (including phenoxy) is 1. The summed E-state index contributed by atoms with van der Waals surface area (Å²) in [6.45, 7) is 13.1. The van der Waals surface area contributed by atoms with Crippen molar-refractivity contribution in [3.63, 3.8) is 0 Å². The van der Waals surface area contributed by atoms with Crippen LogP contribution in [0.15, 0.2) is 24.3 Å². The van der Waals surface area contributed by atoms with Crippen molar-refractivity contribution in [1.29, 1.82) is 0 Å². The first-order valence-electron chi connectivity index (χ1n) is 9.38. The molecule has 0 bridgehead atoms. The van der Waals surface area contributed by atoms with Crippen molar-refractivity contribution >= 4 is 39.9 Å². The lowest BCUT2D eigenvalue weighted by Gasteiger charge is -2.25. The second-order valence-corrected chi connectivity index (χ2v) is 12.3. The lowest BCUT2D eigenvalue weighted by atomic mass is 10.1. The molecule has 0 radical (unpaired) electrons. The lowest BCUT2D eigenvalue weighted by molar-refractivity contribution is -0.153. The van der Waals surface area contributed by atoms with E-state index in [1.807, 2.05) is 72.7 Å². The summed E-state index contributed by atoms with van der Waals surface area (Å²) in [5.74, 6) is -0.321. The Morgan fingerprint density at radius 3 is 2.41 bits per heavy atom. The number of carbonyl (C=O) groups is 1. The van der Waals surface area contributed by atoms with Crippen molar-refractivity contribution in [3.05, 3.63) is 50.4 Å². The highest BCUT2D eigenvalue weighted by Gasteiger charge is 2.29. The summed E-state index contributed by atoms with van der Waals surface area (Å²) in [7, 11) is -1.32. The van der Waals surface area contributed by atoms with Crippen molar-refractivity contribution in [2.24, 2.45) is 0 Å². The van der Waals surface area contributed by atoms with Gasteiger partial charge in [0.1, 0.15) is 10.6 Å². The molecule has 0 spiro atoms. The van der Waals surface area contributed by atoms with E-state index in [2.05, 4.69) is 9.71 Å². The maximum Gasteiger partial charge on any atom is 0.313 e. The van der Waals surface area contributed by atoms with Crippen LogP contribution in [0.25, 0.3) is 0 Å². The number of nitrogens with one attached hydrogen (secondary N) is 1. The molecule has 0 aliphatic heterocycles. The Kier molecular flexibility index (Phi) is 7.65. The van der Waals surface area contributed by atoms with E-state index in [9.17, 15) is 9.00 Å². The summed E-state index contributed by atoms with van der Waals surface area (Å²) in [6, 6.07) is 7.08. The highest BCUT2D eigenvalue weighted by atomic mass is 35.5. The van der Waals surface area contributed by atoms with Crippen molar-refractivity contribution in [1.82, 2.24) is 9.71 Å². The molecule has 0 saturated carbocycles. The van der Waals surface area contributed by atoms with Crippen LogP contribution in [-0.2, 0) is 26.9 Å². The largest absolute Gasteiger partial charge is 0.460 e. The Balaban J connectivity index is 2.39. The van der Waals surface area contributed by atoms with Gasteiger partial charge in [-0.15, -0.1) is 11.3 Å². The SMILES string of the molecule is Cc1nc(CC(=O)OC(C)(C)C)sc1C(N[S@](=O)C(C)(C)C)c1ccccc1Cl. The first-order valence-corrected chi connectivity index (χ1v) is 11.7. The number of thiazole rings is 1. The Morgan fingerprint density at radius 1 is 1.24 bits per heavy atom. The summed E-state index contributed by atoms with van der Waals surface area (Å²) in [4.78, 5) is 17.7. The molecule has 1 N–H and O–H groups in total. The Morgan fingerprint density at radius 2 is 1.86 bits per heavy atom. The van der Waals surface area contributed by atoms with Gasteiger partial charge in [-0.3, -0.25) is 4.79 Å². The topological polar surface area (TPSA) is 68.3 Å². The zero-order chi connectivity index (χ0) is 22.0. The van der Waals surface area contributed by atoms with Gasteiger partial charge in [-0.25, -0.2) is 13.9 Å². The van der Waals surface area contributed by atoms with Crippen LogP contribution in [-0.4, -0.2) is 25.5 Å². The molecule has 2 aromatic rings. The number of aromatic nitrogens is 1. The Hall–Kier alpha value is -1.28. The molecule has 5 nitrogen and oxygen atoms in total. The first kappa shape index (κ1) is 24.0. The lowest BCUT2D eigenvalue weighted by Crippen LogP contribution is -2.36. The number of carbonyl (C=O) groups excluding carboxylic acids is 1. The summed E-state index contributed by atoms with van der Waals surface area (Å²) in [5.41, 5.74) is 1.05. The number of rotatable bonds is 6. The van der Waals surface area contributed by atoms with E-state index in [-0.39, 0.29) is 12.4 Å². The molecular formula is C21H29ClN2O3S2. The molecule has 160 valence electrons. The molecule has 0 aliphatic carbocycles. The van der Waals surface area contributed by atoms with Gasteiger partial charge in [0.15, 0.2) is 0 Å². The molecule has 0 amide bonds. The fraction of sp³-hybridized carbons (Fsp3) is 0.524. The van der Waals surface area contributed by atoms with Gasteiger partial charge in [-0.05, 0) is 60.1 Å². The number of nitrogens with zero attached hydrogens (tertiary/aromatic N) is 1. The quantitative estimate of drug-likeness (QED) is 0.611. The summed E-state index contributed by atoms with van der Waals surface area (Å²) in [5, 5.41) is 1.24. The fourth-order valence-electron chi connectivity index (χ4n) is 2.56. The van der Waals surface area contributed by atoms with E-state index in [0.29, 0.717) is 10.0 Å². The van der Waals surface area contributed by atoms with Crippen molar-refractivity contribution in [2.75, 3.05) is 0 Å². The Labute approximate surface area is 184 Å². The van der Waals surface area contributed by atoms with Crippen LogP contribution in [0.2, 0.25) is 5.02 Å². The van der Waals surface area contributed by atoms with Gasteiger partial charge in [0.2, 0.25) is 0 Å². The minimum Gasteiger partial charge on any atom is -0.460 e. The Bertz CT molecular complexity index is 898. The maximum atomic E-state index is 12.9. The van der Waals surface area contributed by atoms with Crippen molar-refractivity contribution < 1.29 is 13.7 Å². The predicted octanol–water partition coefficient (Wildman–Crippen LogP) is 5.13. The normalized spacial score (nSPS) is 14.5. The van der Waals surface area contributed by atoms with E-state index in [0.717, 1.165) is 16.1 Å². The molecule has 1 unspecified atom stereocenters. The van der Waals surface area contributed by atoms with Crippen LogP contribution in [0, 0.1) is 6.92 Å². The minimum absolute atomic E-state index is 0.0976. The van der Waals surface area contributed by atoms with Gasteiger partial charge in [-0.1, -0.05) is 29.8 Å². The standard InChI is InChI=1S/C21H29ClN2O3S2/c1-13-19(28-16(23-13)12-17(25)27-20(2,3)4)18(24-29(26)21(5,6)7)14-10-8-9-11-15(14)22/h8-11,18,24H,12H2,1-7H3/t18?,29-/m1/s1. The molecule has 1 aromatic heterocycles. The second kappa shape index (κ2) is 9.25. The van der Waals surface area contributed by atoms with Gasteiger partial charge in [-0.2, -0.15) is 0 Å². The molecule has 0 fully saturated rings. The van der Waals surface area contributed by atoms with E-state index in [4.69, 9.17) is 16.3 Å². The van der Waals surface area contributed by atoms with Crippen molar-refractivity contribution in [2.45, 2.75) is 71.3 Å². The predicted molar refractivity (Wildman–Crippen MR) is 121 cm³/mol.